The number of esters is 1. The van der Waals surface area contributed by atoms with Crippen molar-refractivity contribution < 1.29 is 24.2 Å². The van der Waals surface area contributed by atoms with Gasteiger partial charge in [-0.15, -0.1) is 0 Å². The molecule has 1 aromatic heterocycles. The van der Waals surface area contributed by atoms with Gasteiger partial charge in [0.1, 0.15) is 11.8 Å². The molecule has 1 unspecified atom stereocenters. The Hall–Kier alpha value is -3.97. The van der Waals surface area contributed by atoms with E-state index < -0.39 is 23.7 Å². The van der Waals surface area contributed by atoms with E-state index in [0.29, 0.717) is 22.0 Å². The highest BCUT2D eigenvalue weighted by molar-refractivity contribution is 6.51. The third-order valence-corrected chi connectivity index (χ3v) is 5.45. The number of pyridine rings is 1. The summed E-state index contributed by atoms with van der Waals surface area (Å²) < 4.78 is 5.26. The predicted molar refractivity (Wildman–Crippen MR) is 127 cm³/mol. The molecule has 1 saturated heterocycles. The highest BCUT2D eigenvalue weighted by atomic mass is 35.5. The number of aliphatic hydroxyl groups excluding tert-OH is 1. The first kappa shape index (κ1) is 23.2. The number of anilines is 1. The highest BCUT2D eigenvalue weighted by Gasteiger charge is 2.47. The summed E-state index contributed by atoms with van der Waals surface area (Å²) in [5.41, 5.74) is 1.06. The van der Waals surface area contributed by atoms with Crippen LogP contribution in [0.4, 0.5) is 5.69 Å². The van der Waals surface area contributed by atoms with Crippen molar-refractivity contribution in [2.45, 2.75) is 26.0 Å². The Morgan fingerprint density at radius 2 is 1.76 bits per heavy atom. The summed E-state index contributed by atoms with van der Waals surface area (Å²) >= 11 is 6.07. The zero-order valence-corrected chi connectivity index (χ0v) is 19.2. The van der Waals surface area contributed by atoms with Gasteiger partial charge >= 0.3 is 5.97 Å². The Kier molecular flexibility index (Phi) is 6.47. The molecule has 0 bridgehead atoms. The van der Waals surface area contributed by atoms with Crippen molar-refractivity contribution >= 4 is 40.7 Å². The molecule has 7 nitrogen and oxygen atoms in total. The molecule has 1 N–H and O–H groups in total. The first-order valence-corrected chi connectivity index (χ1v) is 10.9. The fourth-order valence-corrected chi connectivity index (χ4v) is 3.96. The van der Waals surface area contributed by atoms with E-state index in [2.05, 4.69) is 4.98 Å². The van der Waals surface area contributed by atoms with Gasteiger partial charge in [-0.25, -0.2) is 4.79 Å². The summed E-state index contributed by atoms with van der Waals surface area (Å²) in [7, 11) is 0. The third-order valence-electron chi connectivity index (χ3n) is 5.21. The van der Waals surface area contributed by atoms with E-state index >= 15 is 0 Å². The maximum atomic E-state index is 13.2. The van der Waals surface area contributed by atoms with Crippen molar-refractivity contribution in [1.29, 1.82) is 0 Å². The van der Waals surface area contributed by atoms with Crippen molar-refractivity contribution in [3.63, 3.8) is 0 Å². The summed E-state index contributed by atoms with van der Waals surface area (Å²) in [4.78, 5) is 44.4. The molecule has 2 aromatic carbocycles. The molecule has 34 heavy (non-hydrogen) atoms. The number of rotatable bonds is 5. The van der Waals surface area contributed by atoms with Gasteiger partial charge in [-0.3, -0.25) is 19.5 Å². The molecule has 0 aliphatic carbocycles. The fraction of sp³-hybridized carbons (Fsp3) is 0.154. The van der Waals surface area contributed by atoms with E-state index in [1.807, 2.05) is 0 Å². The van der Waals surface area contributed by atoms with Crippen molar-refractivity contribution in [3.8, 4) is 0 Å². The Morgan fingerprint density at radius 3 is 2.44 bits per heavy atom. The first-order valence-electron chi connectivity index (χ1n) is 10.6. The van der Waals surface area contributed by atoms with Crippen LogP contribution in [-0.2, 0) is 14.3 Å². The number of carbonyl (C=O) groups is 3. The second-order valence-electron chi connectivity index (χ2n) is 7.94. The number of Topliss-reactive ketones (excluding diaryl/α,β-unsaturated/α-hetero) is 1. The lowest BCUT2D eigenvalue weighted by Crippen LogP contribution is -2.30. The lowest BCUT2D eigenvalue weighted by Gasteiger charge is -2.25. The van der Waals surface area contributed by atoms with Gasteiger partial charge in [-0.05, 0) is 56.3 Å². The third kappa shape index (κ3) is 4.43. The number of hydrogen-bond acceptors (Lipinski definition) is 6. The number of benzene rings is 2. The maximum Gasteiger partial charge on any atom is 0.338 e. The zero-order chi connectivity index (χ0) is 24.4. The number of nitrogens with zero attached hydrogens (tertiary/aromatic N) is 2. The van der Waals surface area contributed by atoms with Gasteiger partial charge in [-0.2, -0.15) is 0 Å². The number of carbonyl (C=O) groups excluding carboxylic acids is 3. The van der Waals surface area contributed by atoms with E-state index in [0.717, 1.165) is 0 Å². The van der Waals surface area contributed by atoms with Crippen molar-refractivity contribution in [3.05, 3.63) is 100 Å². The van der Waals surface area contributed by atoms with E-state index in [9.17, 15) is 19.5 Å². The molecular formula is C26H21ClN2O5. The normalized spacial score (nSPS) is 17.3. The lowest BCUT2D eigenvalue weighted by molar-refractivity contribution is -0.132. The van der Waals surface area contributed by atoms with Gasteiger partial charge in [0.25, 0.3) is 11.7 Å². The Balaban J connectivity index is 1.88. The van der Waals surface area contributed by atoms with Crippen molar-refractivity contribution in [2.75, 3.05) is 4.90 Å². The molecule has 8 heteroatoms. The van der Waals surface area contributed by atoms with Gasteiger partial charge in [0.15, 0.2) is 0 Å². The summed E-state index contributed by atoms with van der Waals surface area (Å²) in [5.74, 6) is -2.65. The molecule has 2 heterocycles. The second kappa shape index (κ2) is 9.49. The number of ether oxygens (including phenoxy) is 1. The molecule has 3 aromatic rings. The van der Waals surface area contributed by atoms with Crippen LogP contribution in [0.2, 0.25) is 5.02 Å². The molecule has 1 aliphatic rings. The quantitative estimate of drug-likeness (QED) is 0.243. The van der Waals surface area contributed by atoms with Crippen LogP contribution in [0.1, 0.15) is 41.5 Å². The molecule has 0 radical (unpaired) electrons. The Morgan fingerprint density at radius 1 is 1.03 bits per heavy atom. The average Bonchev–Trinajstić information content (AvgIpc) is 3.09. The van der Waals surface area contributed by atoms with E-state index in [1.54, 1.807) is 68.4 Å². The fourth-order valence-electron chi connectivity index (χ4n) is 3.77. The molecule has 0 spiro atoms. The first-order chi connectivity index (χ1) is 16.3. The topological polar surface area (TPSA) is 96.8 Å². The number of hydrogen-bond donors (Lipinski definition) is 1. The summed E-state index contributed by atoms with van der Waals surface area (Å²) in [6.07, 6.45) is 1.21. The van der Waals surface area contributed by atoms with Crippen LogP contribution in [0.5, 0.6) is 0 Å². The largest absolute Gasteiger partial charge is 0.507 e. The second-order valence-corrected chi connectivity index (χ2v) is 8.37. The average molecular weight is 477 g/mol. The summed E-state index contributed by atoms with van der Waals surface area (Å²) in [6, 6.07) is 16.7. The van der Waals surface area contributed by atoms with Crippen LogP contribution in [0.15, 0.2) is 78.5 Å². The number of aliphatic hydroxyl groups is 1. The number of ketones is 1. The van der Waals surface area contributed by atoms with Crippen LogP contribution >= 0.6 is 11.6 Å². The molecule has 1 amide bonds. The monoisotopic (exact) mass is 476 g/mol. The van der Waals surface area contributed by atoms with Crippen LogP contribution < -0.4 is 4.90 Å². The molecule has 172 valence electrons. The maximum absolute atomic E-state index is 13.2. The predicted octanol–water partition coefficient (Wildman–Crippen LogP) is 4.93. The van der Waals surface area contributed by atoms with Gasteiger partial charge in [0, 0.05) is 22.5 Å². The molecular weight excluding hydrogens is 456 g/mol. The number of amides is 1. The lowest BCUT2D eigenvalue weighted by atomic mass is 9.98. The smallest absolute Gasteiger partial charge is 0.338 e. The Labute approximate surface area is 201 Å². The van der Waals surface area contributed by atoms with Crippen molar-refractivity contribution in [1.82, 2.24) is 4.98 Å². The number of aromatic nitrogens is 1. The molecule has 1 fully saturated rings. The molecule has 4 rings (SSSR count). The zero-order valence-electron chi connectivity index (χ0n) is 18.4. The van der Waals surface area contributed by atoms with Crippen LogP contribution in [-0.4, -0.2) is 33.9 Å². The van der Waals surface area contributed by atoms with Crippen LogP contribution in [0, 0.1) is 0 Å². The molecule has 1 atom stereocenters. The molecule has 0 saturated carbocycles. The van der Waals surface area contributed by atoms with E-state index in [1.165, 1.54) is 23.2 Å². The summed E-state index contributed by atoms with van der Waals surface area (Å²) in [5, 5.41) is 11.5. The highest BCUT2D eigenvalue weighted by Crippen LogP contribution is 2.41. The van der Waals surface area contributed by atoms with Crippen LogP contribution in [0.3, 0.4) is 0 Å². The Bertz CT molecular complexity index is 1300. The van der Waals surface area contributed by atoms with Gasteiger partial charge in [0.05, 0.1) is 22.9 Å². The minimum atomic E-state index is -1.02. The van der Waals surface area contributed by atoms with Gasteiger partial charge < -0.3 is 9.84 Å². The minimum Gasteiger partial charge on any atom is -0.507 e. The molecule has 1 aliphatic heterocycles. The van der Waals surface area contributed by atoms with Crippen LogP contribution in [0.25, 0.3) is 5.76 Å². The van der Waals surface area contributed by atoms with Gasteiger partial charge in [-0.1, -0.05) is 35.9 Å². The SMILES string of the molecule is CC(C)OC(=O)c1cccc(N2C(=O)C(=O)/C(=C(/O)c3cccc(Cl)c3)C2c2ccccn2)c1. The van der Waals surface area contributed by atoms with Gasteiger partial charge in [0.2, 0.25) is 0 Å². The van der Waals surface area contributed by atoms with E-state index in [4.69, 9.17) is 16.3 Å². The summed E-state index contributed by atoms with van der Waals surface area (Å²) in [6.45, 7) is 3.47. The minimum absolute atomic E-state index is 0.124. The van der Waals surface area contributed by atoms with E-state index in [-0.39, 0.29) is 23.0 Å². The standard InChI is InChI=1S/C26H21ClN2O5/c1-15(2)34-26(33)17-8-6-10-19(14-17)29-22(20-11-3-4-12-28-20)21(24(31)25(29)32)23(30)16-7-5-9-18(27)13-16/h3-15,22,30H,1-2H3/b23-21+. The number of halogens is 1. The van der Waals surface area contributed by atoms with Crippen molar-refractivity contribution in [2.24, 2.45) is 0 Å².